The molecule has 7 aliphatic rings. The molecule has 430 valence electrons. The first-order valence-corrected chi connectivity index (χ1v) is 26.8. The molecule has 19 atom stereocenters. The van der Waals surface area contributed by atoms with Gasteiger partial charge in [0, 0.05) is 47.5 Å². The fourth-order valence-corrected chi connectivity index (χ4v) is 15.5. The zero-order valence-corrected chi connectivity index (χ0v) is 47.3. The van der Waals surface area contributed by atoms with Crippen LogP contribution in [0.4, 0.5) is 0 Å². The minimum Gasteiger partial charge on any atom is -0.469 e. The van der Waals surface area contributed by atoms with Crippen molar-refractivity contribution < 1.29 is 100.0 Å². The van der Waals surface area contributed by atoms with Gasteiger partial charge < -0.3 is 56.8 Å². The summed E-state index contributed by atoms with van der Waals surface area (Å²) in [4.78, 5) is 119. The van der Waals surface area contributed by atoms with Gasteiger partial charge in [-0.3, -0.25) is 38.4 Å². The minimum atomic E-state index is -1.88. The van der Waals surface area contributed by atoms with Crippen LogP contribution in [0, 0.1) is 50.2 Å². The molecule has 0 N–H and O–H groups in total. The molecule has 6 fully saturated rings. The van der Waals surface area contributed by atoms with Crippen LogP contribution in [0.2, 0.25) is 0 Å². The maximum atomic E-state index is 15.3. The smallest absolute Gasteiger partial charge is 0.339 e. The Labute approximate surface area is 450 Å². The molecule has 2 aliphatic heterocycles. The maximum Gasteiger partial charge on any atom is 0.339 e. The van der Waals surface area contributed by atoms with Gasteiger partial charge in [-0.25, -0.2) is 4.79 Å². The first kappa shape index (κ1) is 59.7. The second-order valence-electron chi connectivity index (χ2n) is 24.5. The van der Waals surface area contributed by atoms with Gasteiger partial charge in [-0.05, 0) is 110 Å². The number of rotatable bonds is 13. The molecule has 2 heterocycles. The normalized spacial score (nSPS) is 41.9. The van der Waals surface area contributed by atoms with Crippen LogP contribution in [0.3, 0.4) is 0 Å². The Morgan fingerprint density at radius 1 is 0.584 bits per heavy atom. The highest BCUT2D eigenvalue weighted by molar-refractivity contribution is 5.96. The summed E-state index contributed by atoms with van der Waals surface area (Å²) < 4.78 is 70.8. The van der Waals surface area contributed by atoms with Gasteiger partial charge in [-0.15, -0.1) is 0 Å². The van der Waals surface area contributed by atoms with Crippen LogP contribution in [0.25, 0.3) is 0 Å². The summed E-state index contributed by atoms with van der Waals surface area (Å²) in [5, 5.41) is 0. The lowest BCUT2D eigenvalue weighted by Gasteiger charge is -2.70. The molecule has 21 nitrogen and oxygen atoms in total. The van der Waals surface area contributed by atoms with Gasteiger partial charge in [-0.1, -0.05) is 47.1 Å². The number of carbonyl (C=O) groups is 9. The molecule has 4 unspecified atom stereocenters. The summed E-state index contributed by atoms with van der Waals surface area (Å²) in [6.45, 7) is 21.1. The fourth-order valence-electron chi connectivity index (χ4n) is 15.5. The van der Waals surface area contributed by atoms with E-state index >= 15 is 4.79 Å². The summed E-state index contributed by atoms with van der Waals surface area (Å²) in [5.41, 5.74) is -1.71. The summed E-state index contributed by atoms with van der Waals surface area (Å²) >= 11 is 0. The maximum absolute atomic E-state index is 15.3. The molecule has 0 radical (unpaired) electrons. The van der Waals surface area contributed by atoms with E-state index in [1.165, 1.54) is 7.11 Å². The number of hydrogen-bond donors (Lipinski definition) is 0. The number of ketones is 1. The van der Waals surface area contributed by atoms with Crippen molar-refractivity contribution in [1.82, 2.24) is 0 Å². The van der Waals surface area contributed by atoms with E-state index in [0.29, 0.717) is 32.1 Å². The molecular weight excluding hydrogens is 1010 g/mol. The SMILES string of the molecule is COC(=O)[C@H]1O[C@@H](OC2CC[C@@]3(C)C(CC[C@]4(C)C3C(=O)C=C3C5C[C@@](C)(C(=O)OC)CC[C@]5(C)CC[C@]34C)C2(C)C)[C@H](O[C@@H]2O[C@H](COC(C)=O)[C@H](OC(C)=O)[C@H](OC(C)=O)[C@H]2OC(C)=O)[C@@H](OC(C)=O)[C@@H]1OC(C)=O. The van der Waals surface area contributed by atoms with Gasteiger partial charge in [0.25, 0.3) is 0 Å². The van der Waals surface area contributed by atoms with Crippen molar-refractivity contribution in [3.8, 4) is 0 Å². The molecule has 77 heavy (non-hydrogen) atoms. The molecule has 0 bridgehead atoms. The number of fused-ring (bicyclic) bond motifs is 7. The van der Waals surface area contributed by atoms with Crippen molar-refractivity contribution in [3.63, 3.8) is 0 Å². The zero-order chi connectivity index (χ0) is 57.1. The fraction of sp³-hybridized carbons (Fsp3) is 0.804. The number of allylic oxidation sites excluding steroid dienone is 2. The third-order valence-electron chi connectivity index (χ3n) is 19.3. The van der Waals surface area contributed by atoms with Crippen LogP contribution in [-0.4, -0.2) is 142 Å². The summed E-state index contributed by atoms with van der Waals surface area (Å²) in [6, 6.07) is 0. The number of hydrogen-bond acceptors (Lipinski definition) is 21. The predicted molar refractivity (Wildman–Crippen MR) is 265 cm³/mol. The Morgan fingerprint density at radius 2 is 1.13 bits per heavy atom. The van der Waals surface area contributed by atoms with E-state index in [2.05, 4.69) is 41.5 Å². The van der Waals surface area contributed by atoms with Gasteiger partial charge in [0.2, 0.25) is 0 Å². The third kappa shape index (κ3) is 10.9. The molecule has 7 rings (SSSR count). The van der Waals surface area contributed by atoms with E-state index in [4.69, 9.17) is 56.8 Å². The standard InChI is InChI=1S/C56H80O21/c1-27(57)68-26-36-39(69-28(2)58)40(70-29(3)59)44(73-32(6)62)48(74-36)77-45-42(72-31(5)61)41(71-30(4)60)43(47(64)66-14)76-49(45)75-38-17-18-54(11)37(51(38,7)8)16-19-56(13)46(54)35(63)24-33-34-25-53(10,50(65)67-15)21-20-52(34,9)22-23-55(33,56)12/h24,34,36-46,48-49H,16-23,25-26H2,1-15H3/t34?,36-,37?,38?,39+,40+,41+,42+,43+,44-,45-,46?,48+,49-,52-,53+,54+,55-,56-/m1/s1. The molecule has 5 aliphatic carbocycles. The van der Waals surface area contributed by atoms with Crippen molar-refractivity contribution in [3.05, 3.63) is 11.6 Å². The largest absolute Gasteiger partial charge is 0.469 e. The second kappa shape index (κ2) is 21.9. The lowest BCUT2D eigenvalue weighted by molar-refractivity contribution is -0.375. The topological polar surface area (TPSA) is 264 Å². The van der Waals surface area contributed by atoms with Crippen molar-refractivity contribution in [2.24, 2.45) is 50.2 Å². The molecule has 0 aromatic heterocycles. The van der Waals surface area contributed by atoms with Gasteiger partial charge in [-0.2, -0.15) is 0 Å². The monoisotopic (exact) mass is 1090 g/mol. The van der Waals surface area contributed by atoms with E-state index < -0.39 is 138 Å². The Kier molecular flexibility index (Phi) is 17.0. The second-order valence-corrected chi connectivity index (χ2v) is 24.5. The summed E-state index contributed by atoms with van der Waals surface area (Å²) in [5.74, 6) is -6.98. The van der Waals surface area contributed by atoms with Gasteiger partial charge in [0.05, 0.1) is 25.7 Å². The average Bonchev–Trinajstić information content (AvgIpc) is 3.32. The Balaban J connectivity index is 1.28. The van der Waals surface area contributed by atoms with Crippen LogP contribution in [0.15, 0.2) is 11.6 Å². The van der Waals surface area contributed by atoms with Crippen LogP contribution in [0.1, 0.15) is 148 Å². The van der Waals surface area contributed by atoms with Gasteiger partial charge in [0.1, 0.15) is 12.7 Å². The number of carbonyl (C=O) groups excluding carboxylic acids is 9. The quantitative estimate of drug-likeness (QED) is 0.121. The highest BCUT2D eigenvalue weighted by atomic mass is 16.8. The van der Waals surface area contributed by atoms with E-state index in [1.54, 1.807) is 0 Å². The number of ether oxygens (including phenoxy) is 12. The van der Waals surface area contributed by atoms with Crippen molar-refractivity contribution in [2.45, 2.75) is 215 Å². The molecule has 0 spiro atoms. The highest BCUT2D eigenvalue weighted by Gasteiger charge is 2.71. The van der Waals surface area contributed by atoms with E-state index in [-0.39, 0.29) is 40.3 Å². The average molecular weight is 1090 g/mol. The molecule has 0 aromatic rings. The molecule has 0 amide bonds. The Morgan fingerprint density at radius 3 is 1.70 bits per heavy atom. The lowest BCUT2D eigenvalue weighted by atomic mass is 9.33. The summed E-state index contributed by atoms with van der Waals surface area (Å²) in [6.07, 6.45) is -9.56. The zero-order valence-electron chi connectivity index (χ0n) is 47.3. The predicted octanol–water partition coefficient (Wildman–Crippen LogP) is 5.75. The van der Waals surface area contributed by atoms with E-state index in [9.17, 15) is 38.4 Å². The van der Waals surface area contributed by atoms with Crippen LogP contribution in [0.5, 0.6) is 0 Å². The van der Waals surface area contributed by atoms with Crippen molar-refractivity contribution >= 4 is 53.5 Å². The molecular formula is C56H80O21. The summed E-state index contributed by atoms with van der Waals surface area (Å²) in [7, 11) is 2.52. The molecule has 0 aromatic carbocycles. The Bertz CT molecular complexity index is 2400. The number of esters is 8. The van der Waals surface area contributed by atoms with Crippen LogP contribution in [-0.2, 0) is 100.0 Å². The highest BCUT2D eigenvalue weighted by Crippen LogP contribution is 2.75. The number of methoxy groups -OCH3 is 2. The lowest BCUT2D eigenvalue weighted by Crippen LogP contribution is -2.69. The van der Waals surface area contributed by atoms with Gasteiger partial charge >= 0.3 is 47.8 Å². The van der Waals surface area contributed by atoms with E-state index in [0.717, 1.165) is 79.9 Å². The molecule has 21 heteroatoms. The van der Waals surface area contributed by atoms with Crippen molar-refractivity contribution in [2.75, 3.05) is 20.8 Å². The Hall–Kier alpha value is -4.99. The van der Waals surface area contributed by atoms with E-state index in [1.807, 2.05) is 13.0 Å². The molecule has 2 saturated heterocycles. The minimum absolute atomic E-state index is 0.0218. The van der Waals surface area contributed by atoms with Crippen LogP contribution < -0.4 is 0 Å². The van der Waals surface area contributed by atoms with Crippen LogP contribution >= 0.6 is 0 Å². The third-order valence-corrected chi connectivity index (χ3v) is 19.3. The first-order valence-electron chi connectivity index (χ1n) is 26.8. The van der Waals surface area contributed by atoms with Crippen molar-refractivity contribution in [1.29, 1.82) is 0 Å². The first-order chi connectivity index (χ1) is 35.8. The van der Waals surface area contributed by atoms with Gasteiger partial charge in [0.15, 0.2) is 61.1 Å². The molecule has 4 saturated carbocycles.